The van der Waals surface area contributed by atoms with Crippen LogP contribution in [0.15, 0.2) is 30.9 Å². The summed E-state index contributed by atoms with van der Waals surface area (Å²) in [6.45, 7) is 2.71. The lowest BCUT2D eigenvalue weighted by molar-refractivity contribution is 0.215. The van der Waals surface area contributed by atoms with Crippen molar-refractivity contribution in [3.8, 4) is 5.88 Å². The minimum atomic E-state index is 0.557. The summed E-state index contributed by atoms with van der Waals surface area (Å²) in [4.78, 5) is 15.0. The Labute approximate surface area is 147 Å². The van der Waals surface area contributed by atoms with Gasteiger partial charge in [-0.25, -0.2) is 9.97 Å². The molecule has 4 rings (SSSR count). The molecule has 1 saturated carbocycles. The van der Waals surface area contributed by atoms with Gasteiger partial charge < -0.3 is 9.64 Å². The molecule has 0 unspecified atom stereocenters. The van der Waals surface area contributed by atoms with Crippen LogP contribution in [0, 0.1) is 5.92 Å². The maximum absolute atomic E-state index is 6.24. The van der Waals surface area contributed by atoms with Crippen molar-refractivity contribution in [3.05, 3.63) is 41.6 Å². The second-order valence-electron chi connectivity index (χ2n) is 6.62. The third-order valence-corrected chi connectivity index (χ3v) is 5.12. The highest BCUT2D eigenvalue weighted by Crippen LogP contribution is 2.39. The highest BCUT2D eigenvalue weighted by molar-refractivity contribution is 6.33. The molecular weight excluding hydrogens is 324 g/mol. The molecule has 126 valence electrons. The Bertz CT molecular complexity index is 699. The van der Waals surface area contributed by atoms with E-state index in [0.29, 0.717) is 17.7 Å². The molecule has 6 heteroatoms. The molecule has 2 aromatic rings. The second kappa shape index (κ2) is 6.93. The van der Waals surface area contributed by atoms with E-state index in [1.807, 2.05) is 12.1 Å². The van der Waals surface area contributed by atoms with Gasteiger partial charge in [-0.3, -0.25) is 4.98 Å². The molecule has 0 atom stereocenters. The zero-order valence-electron chi connectivity index (χ0n) is 13.6. The summed E-state index contributed by atoms with van der Waals surface area (Å²) in [5, 5.41) is 0.723. The molecule has 0 spiro atoms. The maximum atomic E-state index is 6.24. The van der Waals surface area contributed by atoms with Crippen LogP contribution in [-0.2, 0) is 0 Å². The minimum absolute atomic E-state index is 0.557. The number of nitrogens with zero attached hydrogens (tertiary/aromatic N) is 4. The van der Waals surface area contributed by atoms with Crippen molar-refractivity contribution in [1.82, 2.24) is 15.0 Å². The SMILES string of the molecule is Clc1cnccc1N1CCC(COc2cc(C3CC3)ncn2)CC1. The van der Waals surface area contributed by atoms with Gasteiger partial charge >= 0.3 is 0 Å². The second-order valence-corrected chi connectivity index (χ2v) is 7.03. The van der Waals surface area contributed by atoms with E-state index < -0.39 is 0 Å². The van der Waals surface area contributed by atoms with Crippen molar-refractivity contribution in [2.24, 2.45) is 5.92 Å². The highest BCUT2D eigenvalue weighted by Gasteiger charge is 2.26. The van der Waals surface area contributed by atoms with Gasteiger partial charge in [0, 0.05) is 37.5 Å². The number of hydrogen-bond acceptors (Lipinski definition) is 5. The quantitative estimate of drug-likeness (QED) is 0.827. The summed E-state index contributed by atoms with van der Waals surface area (Å²) in [5.41, 5.74) is 2.21. The van der Waals surface area contributed by atoms with Gasteiger partial charge in [-0.15, -0.1) is 0 Å². The molecule has 0 bridgehead atoms. The number of hydrogen-bond donors (Lipinski definition) is 0. The monoisotopic (exact) mass is 344 g/mol. The van der Waals surface area contributed by atoms with E-state index in [1.165, 1.54) is 12.8 Å². The summed E-state index contributed by atoms with van der Waals surface area (Å²) in [6, 6.07) is 3.99. The molecular formula is C18H21ClN4O. The van der Waals surface area contributed by atoms with Crippen molar-refractivity contribution in [3.63, 3.8) is 0 Å². The number of piperidine rings is 1. The van der Waals surface area contributed by atoms with Crippen molar-refractivity contribution >= 4 is 17.3 Å². The zero-order valence-corrected chi connectivity index (χ0v) is 14.3. The largest absolute Gasteiger partial charge is 0.477 e. The maximum Gasteiger partial charge on any atom is 0.216 e. The summed E-state index contributed by atoms with van der Waals surface area (Å²) in [5.74, 6) is 1.90. The van der Waals surface area contributed by atoms with Gasteiger partial charge in [-0.1, -0.05) is 11.6 Å². The number of aromatic nitrogens is 3. The lowest BCUT2D eigenvalue weighted by atomic mass is 9.97. The van der Waals surface area contributed by atoms with Crippen LogP contribution < -0.4 is 9.64 Å². The molecule has 24 heavy (non-hydrogen) atoms. The molecule has 2 aromatic heterocycles. The molecule has 1 aliphatic heterocycles. The molecule has 2 fully saturated rings. The number of ether oxygens (including phenoxy) is 1. The lowest BCUT2D eigenvalue weighted by Gasteiger charge is -2.33. The topological polar surface area (TPSA) is 51.1 Å². The molecule has 0 aromatic carbocycles. The smallest absolute Gasteiger partial charge is 0.216 e. The first-order chi connectivity index (χ1) is 11.8. The van der Waals surface area contributed by atoms with E-state index in [0.717, 1.165) is 48.9 Å². The van der Waals surface area contributed by atoms with Gasteiger partial charge in [0.1, 0.15) is 6.33 Å². The van der Waals surface area contributed by atoms with Gasteiger partial charge in [0.15, 0.2) is 0 Å². The van der Waals surface area contributed by atoms with Crippen LogP contribution in [0.2, 0.25) is 5.02 Å². The summed E-state index contributed by atoms with van der Waals surface area (Å²) in [7, 11) is 0. The van der Waals surface area contributed by atoms with E-state index in [4.69, 9.17) is 16.3 Å². The first-order valence-electron chi connectivity index (χ1n) is 8.59. The fourth-order valence-corrected chi connectivity index (χ4v) is 3.44. The van der Waals surface area contributed by atoms with Crippen LogP contribution in [-0.4, -0.2) is 34.6 Å². The number of anilines is 1. The average molecular weight is 345 g/mol. The predicted octanol–water partition coefficient (Wildman–Crippen LogP) is 3.70. The first kappa shape index (κ1) is 15.6. The van der Waals surface area contributed by atoms with E-state index in [9.17, 15) is 0 Å². The standard InChI is InChI=1S/C18H21ClN4O/c19-15-10-20-6-3-17(15)23-7-4-13(5-8-23)11-24-18-9-16(14-1-2-14)21-12-22-18/h3,6,9-10,12-14H,1-2,4-5,7-8,11H2. The molecule has 5 nitrogen and oxygen atoms in total. The highest BCUT2D eigenvalue weighted by atomic mass is 35.5. The van der Waals surface area contributed by atoms with E-state index in [1.54, 1.807) is 18.7 Å². The van der Waals surface area contributed by atoms with Gasteiger partial charge in [0.25, 0.3) is 0 Å². The van der Waals surface area contributed by atoms with E-state index in [2.05, 4.69) is 19.9 Å². The van der Waals surface area contributed by atoms with Crippen LogP contribution in [0.3, 0.4) is 0 Å². The number of halogens is 1. The molecule has 3 heterocycles. The molecule has 1 aliphatic carbocycles. The summed E-state index contributed by atoms with van der Waals surface area (Å²) in [6.07, 6.45) is 9.80. The van der Waals surface area contributed by atoms with Crippen LogP contribution >= 0.6 is 11.6 Å². The van der Waals surface area contributed by atoms with Crippen LogP contribution in [0.1, 0.15) is 37.3 Å². The average Bonchev–Trinajstić information content (AvgIpc) is 3.46. The number of pyridine rings is 1. The predicted molar refractivity (Wildman–Crippen MR) is 93.7 cm³/mol. The van der Waals surface area contributed by atoms with E-state index >= 15 is 0 Å². The molecule has 0 radical (unpaired) electrons. The van der Waals surface area contributed by atoms with Gasteiger partial charge in [-0.2, -0.15) is 0 Å². The van der Waals surface area contributed by atoms with Crippen molar-refractivity contribution in [2.75, 3.05) is 24.6 Å². The summed E-state index contributed by atoms with van der Waals surface area (Å²) < 4.78 is 5.92. The Morgan fingerprint density at radius 1 is 1.17 bits per heavy atom. The van der Waals surface area contributed by atoms with Gasteiger partial charge in [-0.05, 0) is 37.7 Å². The normalized spacial score (nSPS) is 18.6. The minimum Gasteiger partial charge on any atom is -0.477 e. The lowest BCUT2D eigenvalue weighted by Crippen LogP contribution is -2.35. The van der Waals surface area contributed by atoms with E-state index in [-0.39, 0.29) is 0 Å². The Hall–Kier alpha value is -1.88. The van der Waals surface area contributed by atoms with Crippen LogP contribution in [0.25, 0.3) is 0 Å². The number of rotatable bonds is 5. The molecule has 0 N–H and O–H groups in total. The first-order valence-corrected chi connectivity index (χ1v) is 8.96. The molecule has 2 aliphatic rings. The van der Waals surface area contributed by atoms with Crippen LogP contribution in [0.4, 0.5) is 5.69 Å². The Morgan fingerprint density at radius 3 is 2.75 bits per heavy atom. The van der Waals surface area contributed by atoms with Crippen molar-refractivity contribution in [2.45, 2.75) is 31.6 Å². The Kier molecular flexibility index (Phi) is 4.52. The van der Waals surface area contributed by atoms with Gasteiger partial charge in [0.05, 0.1) is 23.0 Å². The fraction of sp³-hybridized carbons (Fsp3) is 0.500. The third-order valence-electron chi connectivity index (χ3n) is 4.83. The Morgan fingerprint density at radius 2 is 2.00 bits per heavy atom. The summed E-state index contributed by atoms with van der Waals surface area (Å²) >= 11 is 6.24. The van der Waals surface area contributed by atoms with Crippen molar-refractivity contribution in [1.29, 1.82) is 0 Å². The van der Waals surface area contributed by atoms with Gasteiger partial charge in [0.2, 0.25) is 5.88 Å². The van der Waals surface area contributed by atoms with Crippen LogP contribution in [0.5, 0.6) is 5.88 Å². The zero-order chi connectivity index (χ0) is 16.4. The molecule has 1 saturated heterocycles. The molecule has 0 amide bonds. The Balaban J connectivity index is 1.29. The van der Waals surface area contributed by atoms with Crippen molar-refractivity contribution < 1.29 is 4.74 Å². The third kappa shape index (κ3) is 3.61. The fourth-order valence-electron chi connectivity index (χ4n) is 3.20.